The van der Waals surface area contributed by atoms with Gasteiger partial charge in [-0.3, -0.25) is 14.4 Å². The maximum atomic E-state index is 12.9. The van der Waals surface area contributed by atoms with Gasteiger partial charge in [0.05, 0.1) is 0 Å². The fourth-order valence-electron chi connectivity index (χ4n) is 3.30. The van der Waals surface area contributed by atoms with Crippen LogP contribution in [0, 0.1) is 5.41 Å². The maximum absolute atomic E-state index is 12.9. The number of benzene rings is 1. The van der Waals surface area contributed by atoms with Crippen LogP contribution in [0.5, 0.6) is 0 Å². The minimum absolute atomic E-state index is 0.0948. The predicted octanol–water partition coefficient (Wildman–Crippen LogP) is 3.66. The first-order valence-corrected chi connectivity index (χ1v) is 10.4. The quantitative estimate of drug-likeness (QED) is 0.562. The molecule has 160 valence electrons. The summed E-state index contributed by atoms with van der Waals surface area (Å²) in [5, 5.41) is 5.83. The molecule has 0 spiro atoms. The lowest BCUT2D eigenvalue weighted by atomic mass is 9.89. The van der Waals surface area contributed by atoms with Crippen LogP contribution in [-0.2, 0) is 19.1 Å². The van der Waals surface area contributed by atoms with Crippen LogP contribution in [0.3, 0.4) is 0 Å². The summed E-state index contributed by atoms with van der Waals surface area (Å²) in [6, 6.07) is 8.94. The Kier molecular flexibility index (Phi) is 7.44. The number of nitrogens with one attached hydrogen (secondary N) is 2. The van der Waals surface area contributed by atoms with E-state index in [2.05, 4.69) is 10.6 Å². The highest BCUT2D eigenvalue weighted by Crippen LogP contribution is 2.26. The fraction of sp³-hybridized carbons (Fsp3) is 0.609. The first-order valence-electron chi connectivity index (χ1n) is 10.4. The van der Waals surface area contributed by atoms with E-state index >= 15 is 0 Å². The highest BCUT2D eigenvalue weighted by Gasteiger charge is 2.41. The molecule has 1 atom stereocenters. The molecule has 2 N–H and O–H groups in total. The second-order valence-electron chi connectivity index (χ2n) is 9.37. The highest BCUT2D eigenvalue weighted by atomic mass is 16.5. The van der Waals surface area contributed by atoms with Crippen LogP contribution in [0.15, 0.2) is 30.3 Å². The molecule has 1 unspecified atom stereocenters. The zero-order valence-electron chi connectivity index (χ0n) is 18.2. The van der Waals surface area contributed by atoms with E-state index in [4.69, 9.17) is 4.74 Å². The lowest BCUT2D eigenvalue weighted by Crippen LogP contribution is -2.49. The zero-order chi connectivity index (χ0) is 21.7. The largest absolute Gasteiger partial charge is 0.446 e. The van der Waals surface area contributed by atoms with Gasteiger partial charge in [-0.05, 0) is 47.5 Å². The van der Waals surface area contributed by atoms with Gasteiger partial charge in [0, 0.05) is 17.1 Å². The summed E-state index contributed by atoms with van der Waals surface area (Å²) in [6.45, 7) is 8.65. The zero-order valence-corrected chi connectivity index (χ0v) is 18.2. The molecule has 0 aliphatic heterocycles. The van der Waals surface area contributed by atoms with Crippen LogP contribution in [0.2, 0.25) is 0 Å². The standard InChI is InChI=1S/C23H34N2O4/c1-22(2,3)25-19(26)18(16-12-8-6-9-13-16)29-21(28)23(4,5)20(27)24-17-14-10-7-11-15-17/h6,8-9,12-13,17-18H,7,10-11,14-15H2,1-5H3,(H,24,27)(H,25,26). The average Bonchev–Trinajstić information content (AvgIpc) is 2.65. The van der Waals surface area contributed by atoms with Crippen LogP contribution in [-0.4, -0.2) is 29.4 Å². The smallest absolute Gasteiger partial charge is 0.322 e. The molecule has 2 rings (SSSR count). The Hall–Kier alpha value is -2.37. The Bertz CT molecular complexity index is 716. The van der Waals surface area contributed by atoms with Gasteiger partial charge < -0.3 is 15.4 Å². The molecule has 1 saturated carbocycles. The van der Waals surface area contributed by atoms with Crippen molar-refractivity contribution < 1.29 is 19.1 Å². The number of rotatable bonds is 6. The van der Waals surface area contributed by atoms with E-state index in [1.165, 1.54) is 20.3 Å². The molecule has 29 heavy (non-hydrogen) atoms. The van der Waals surface area contributed by atoms with E-state index in [-0.39, 0.29) is 11.9 Å². The minimum Gasteiger partial charge on any atom is -0.446 e. The second-order valence-corrected chi connectivity index (χ2v) is 9.37. The van der Waals surface area contributed by atoms with Crippen molar-refractivity contribution in [3.05, 3.63) is 35.9 Å². The lowest BCUT2D eigenvalue weighted by Gasteiger charge is -2.30. The third-order valence-electron chi connectivity index (χ3n) is 5.08. The molecule has 1 aliphatic carbocycles. The molecule has 0 heterocycles. The minimum atomic E-state index is -1.40. The Labute approximate surface area is 173 Å². The molecule has 6 heteroatoms. The Morgan fingerprint density at radius 1 is 0.966 bits per heavy atom. The summed E-state index contributed by atoms with van der Waals surface area (Å²) in [5.74, 6) is -1.50. The van der Waals surface area contributed by atoms with Crippen molar-refractivity contribution in [2.75, 3.05) is 0 Å². The second kappa shape index (κ2) is 9.42. The first-order chi connectivity index (χ1) is 13.5. The molecule has 0 radical (unpaired) electrons. The molecule has 6 nitrogen and oxygen atoms in total. The van der Waals surface area contributed by atoms with Gasteiger partial charge in [-0.25, -0.2) is 0 Å². The Morgan fingerprint density at radius 2 is 1.55 bits per heavy atom. The molecular weight excluding hydrogens is 368 g/mol. The van der Waals surface area contributed by atoms with Crippen molar-refractivity contribution in [2.24, 2.45) is 5.41 Å². The number of carbonyl (C=O) groups excluding carboxylic acids is 3. The van der Waals surface area contributed by atoms with Crippen LogP contribution < -0.4 is 10.6 Å². The molecule has 1 aliphatic rings. The molecule has 0 bridgehead atoms. The number of amides is 2. The lowest BCUT2D eigenvalue weighted by molar-refractivity contribution is -0.168. The number of hydrogen-bond donors (Lipinski definition) is 2. The predicted molar refractivity (Wildman–Crippen MR) is 112 cm³/mol. The Morgan fingerprint density at radius 3 is 2.10 bits per heavy atom. The molecule has 1 aromatic carbocycles. The van der Waals surface area contributed by atoms with Gasteiger partial charge in [0.15, 0.2) is 0 Å². The summed E-state index contributed by atoms with van der Waals surface area (Å²) in [6.07, 6.45) is 4.08. The van der Waals surface area contributed by atoms with E-state index < -0.39 is 28.9 Å². The van der Waals surface area contributed by atoms with E-state index in [9.17, 15) is 14.4 Å². The summed E-state index contributed by atoms with van der Waals surface area (Å²) in [7, 11) is 0. The molecule has 0 aromatic heterocycles. The van der Waals surface area contributed by atoms with Gasteiger partial charge in [-0.15, -0.1) is 0 Å². The van der Waals surface area contributed by atoms with E-state index in [0.717, 1.165) is 25.7 Å². The normalized spacial score (nSPS) is 16.6. The highest BCUT2D eigenvalue weighted by molar-refractivity contribution is 6.02. The monoisotopic (exact) mass is 402 g/mol. The number of hydrogen-bond acceptors (Lipinski definition) is 4. The summed E-state index contributed by atoms with van der Waals surface area (Å²) in [5.41, 5.74) is -1.32. The third kappa shape index (κ3) is 6.58. The maximum Gasteiger partial charge on any atom is 0.322 e. The number of ether oxygens (including phenoxy) is 1. The van der Waals surface area contributed by atoms with E-state index in [1.807, 2.05) is 26.8 Å². The van der Waals surface area contributed by atoms with Gasteiger partial charge in [-0.1, -0.05) is 49.6 Å². The van der Waals surface area contributed by atoms with Crippen molar-refractivity contribution in [1.29, 1.82) is 0 Å². The average molecular weight is 403 g/mol. The van der Waals surface area contributed by atoms with Crippen molar-refractivity contribution in [2.45, 2.75) is 84.4 Å². The van der Waals surface area contributed by atoms with Crippen molar-refractivity contribution >= 4 is 17.8 Å². The van der Waals surface area contributed by atoms with Crippen molar-refractivity contribution in [1.82, 2.24) is 10.6 Å². The summed E-state index contributed by atoms with van der Waals surface area (Å²) < 4.78 is 5.61. The van der Waals surface area contributed by atoms with Gasteiger partial charge in [-0.2, -0.15) is 0 Å². The topological polar surface area (TPSA) is 84.5 Å². The van der Waals surface area contributed by atoms with Gasteiger partial charge in [0.2, 0.25) is 12.0 Å². The van der Waals surface area contributed by atoms with E-state index in [1.54, 1.807) is 24.3 Å². The molecule has 2 amide bonds. The van der Waals surface area contributed by atoms with Crippen LogP contribution in [0.4, 0.5) is 0 Å². The molecular formula is C23H34N2O4. The SMILES string of the molecule is CC(C)(C)NC(=O)C(OC(=O)C(C)(C)C(=O)NC1CCCCC1)c1ccccc1. The van der Waals surface area contributed by atoms with E-state index in [0.29, 0.717) is 5.56 Å². The van der Waals surface area contributed by atoms with Crippen LogP contribution >= 0.6 is 0 Å². The van der Waals surface area contributed by atoms with Gasteiger partial charge in [0.25, 0.3) is 5.91 Å². The first kappa shape index (κ1) is 22.9. The fourth-order valence-corrected chi connectivity index (χ4v) is 3.30. The Balaban J connectivity index is 2.14. The van der Waals surface area contributed by atoms with Gasteiger partial charge >= 0.3 is 5.97 Å². The molecule has 0 saturated heterocycles. The molecule has 1 aromatic rings. The summed E-state index contributed by atoms with van der Waals surface area (Å²) >= 11 is 0. The van der Waals surface area contributed by atoms with Crippen molar-refractivity contribution in [3.8, 4) is 0 Å². The third-order valence-corrected chi connectivity index (χ3v) is 5.08. The number of esters is 1. The van der Waals surface area contributed by atoms with Gasteiger partial charge in [0.1, 0.15) is 5.41 Å². The molecule has 1 fully saturated rings. The van der Waals surface area contributed by atoms with Crippen molar-refractivity contribution in [3.63, 3.8) is 0 Å². The number of carbonyl (C=O) groups is 3. The summed E-state index contributed by atoms with van der Waals surface area (Å²) in [4.78, 5) is 38.5. The van der Waals surface area contributed by atoms with Crippen LogP contribution in [0.25, 0.3) is 0 Å². The van der Waals surface area contributed by atoms with Crippen LogP contribution in [0.1, 0.15) is 78.4 Å².